The highest BCUT2D eigenvalue weighted by atomic mass is 32.2. The number of amides is 1. The van der Waals surface area contributed by atoms with Crippen molar-refractivity contribution in [3.05, 3.63) is 36.3 Å². The molecular formula is C20H25FN4O5S. The van der Waals surface area contributed by atoms with E-state index < -0.39 is 15.7 Å². The molecule has 1 aromatic heterocycles. The van der Waals surface area contributed by atoms with Gasteiger partial charge in [-0.3, -0.25) is 0 Å². The highest BCUT2D eigenvalue weighted by Crippen LogP contribution is 2.23. The topological polar surface area (TPSA) is 111 Å². The van der Waals surface area contributed by atoms with Gasteiger partial charge in [-0.2, -0.15) is 4.98 Å². The van der Waals surface area contributed by atoms with Crippen LogP contribution in [0.5, 0.6) is 6.01 Å². The summed E-state index contributed by atoms with van der Waals surface area (Å²) in [6, 6.07) is 5.27. The summed E-state index contributed by atoms with van der Waals surface area (Å²) in [5.74, 6) is -0.418. The molecular weight excluding hydrogens is 427 g/mol. The molecule has 1 fully saturated rings. The van der Waals surface area contributed by atoms with Gasteiger partial charge in [-0.25, -0.2) is 22.6 Å². The molecule has 3 rings (SSSR count). The number of nitrogens with zero attached hydrogens (tertiary/aromatic N) is 3. The molecule has 9 nitrogen and oxygen atoms in total. The van der Waals surface area contributed by atoms with Crippen LogP contribution in [0, 0.1) is 5.82 Å². The van der Waals surface area contributed by atoms with Gasteiger partial charge in [-0.15, -0.1) is 0 Å². The first kappa shape index (κ1) is 22.7. The van der Waals surface area contributed by atoms with E-state index in [0.717, 1.165) is 12.3 Å². The Morgan fingerprint density at radius 3 is 2.58 bits per heavy atom. The lowest BCUT2D eigenvalue weighted by atomic mass is 10.1. The summed E-state index contributed by atoms with van der Waals surface area (Å²) < 4.78 is 48.4. The molecule has 31 heavy (non-hydrogen) atoms. The van der Waals surface area contributed by atoms with Crippen molar-refractivity contribution in [3.63, 3.8) is 0 Å². The third kappa shape index (κ3) is 6.27. The SMILES string of the molecule is CC(C)OC(=O)N1CCC(Oc2nccc(Nc3ccc(S(C)(=O)=O)cc3F)n2)CC1. The Kier molecular flexibility index (Phi) is 6.94. The van der Waals surface area contributed by atoms with Gasteiger partial charge < -0.3 is 19.7 Å². The van der Waals surface area contributed by atoms with Crippen molar-refractivity contribution in [2.45, 2.75) is 43.8 Å². The summed E-state index contributed by atoms with van der Waals surface area (Å²) in [6.07, 6.45) is 3.04. The first-order chi connectivity index (χ1) is 14.6. The number of carbonyl (C=O) groups excluding carboxylic acids is 1. The highest BCUT2D eigenvalue weighted by molar-refractivity contribution is 7.90. The number of sulfone groups is 1. The van der Waals surface area contributed by atoms with Gasteiger partial charge in [0.2, 0.25) is 0 Å². The Bertz CT molecular complexity index is 1040. The van der Waals surface area contributed by atoms with Gasteiger partial charge >= 0.3 is 12.1 Å². The van der Waals surface area contributed by atoms with Crippen LogP contribution in [0.3, 0.4) is 0 Å². The summed E-state index contributed by atoms with van der Waals surface area (Å²) in [7, 11) is -3.50. The number of anilines is 2. The first-order valence-corrected chi connectivity index (χ1v) is 11.7. The van der Waals surface area contributed by atoms with E-state index in [2.05, 4.69) is 15.3 Å². The maximum atomic E-state index is 14.3. The van der Waals surface area contributed by atoms with Crippen molar-refractivity contribution in [3.8, 4) is 6.01 Å². The number of piperidine rings is 1. The standard InChI is InChI=1S/C20H25FN4O5S/c1-13(2)29-20(26)25-10-7-14(8-11-25)30-19-22-9-6-18(24-19)23-17-5-4-15(12-16(17)21)31(3,27)28/h4-6,9,12-14H,7-8,10-11H2,1-3H3,(H,22,23,24). The minimum atomic E-state index is -3.50. The minimum absolute atomic E-state index is 0.0778. The fourth-order valence-corrected chi connectivity index (χ4v) is 3.65. The molecule has 0 aliphatic carbocycles. The molecule has 1 aliphatic rings. The van der Waals surface area contributed by atoms with E-state index in [1.807, 2.05) is 0 Å². The van der Waals surface area contributed by atoms with Crippen molar-refractivity contribution >= 4 is 27.4 Å². The molecule has 0 saturated carbocycles. The number of nitrogens with one attached hydrogen (secondary N) is 1. The highest BCUT2D eigenvalue weighted by Gasteiger charge is 2.26. The molecule has 0 radical (unpaired) electrons. The zero-order valence-electron chi connectivity index (χ0n) is 17.5. The molecule has 0 atom stereocenters. The monoisotopic (exact) mass is 452 g/mol. The predicted molar refractivity (Wildman–Crippen MR) is 112 cm³/mol. The molecule has 1 amide bonds. The summed E-state index contributed by atoms with van der Waals surface area (Å²) in [4.78, 5) is 21.8. The van der Waals surface area contributed by atoms with E-state index in [4.69, 9.17) is 9.47 Å². The number of carbonyl (C=O) groups is 1. The van der Waals surface area contributed by atoms with E-state index in [0.29, 0.717) is 31.7 Å². The zero-order valence-corrected chi connectivity index (χ0v) is 18.4. The van der Waals surface area contributed by atoms with E-state index >= 15 is 0 Å². The molecule has 0 bridgehead atoms. The van der Waals surface area contributed by atoms with Gasteiger partial charge in [-0.05, 0) is 38.1 Å². The molecule has 1 aliphatic heterocycles. The molecule has 0 unspecified atom stereocenters. The summed E-state index contributed by atoms with van der Waals surface area (Å²) in [5.41, 5.74) is 0.0778. The Labute approximate surface area is 180 Å². The van der Waals surface area contributed by atoms with Crippen LogP contribution in [0.25, 0.3) is 0 Å². The van der Waals surface area contributed by atoms with Gasteiger partial charge in [0.1, 0.15) is 17.7 Å². The second-order valence-corrected chi connectivity index (χ2v) is 9.52. The summed E-state index contributed by atoms with van der Waals surface area (Å²) in [5, 5.41) is 2.80. The normalized spacial score (nSPS) is 15.1. The molecule has 168 valence electrons. The molecule has 0 spiro atoms. The van der Waals surface area contributed by atoms with Crippen LogP contribution < -0.4 is 10.1 Å². The van der Waals surface area contributed by atoms with Crippen LogP contribution in [-0.2, 0) is 14.6 Å². The van der Waals surface area contributed by atoms with Crippen LogP contribution in [0.1, 0.15) is 26.7 Å². The third-order valence-electron chi connectivity index (χ3n) is 4.57. The van der Waals surface area contributed by atoms with Gasteiger partial charge in [-0.1, -0.05) is 0 Å². The van der Waals surface area contributed by atoms with Crippen molar-refractivity contribution in [2.24, 2.45) is 0 Å². The van der Waals surface area contributed by atoms with Crippen LogP contribution in [-0.4, -0.2) is 60.9 Å². The van der Waals surface area contributed by atoms with E-state index in [9.17, 15) is 17.6 Å². The van der Waals surface area contributed by atoms with Crippen LogP contribution in [0.4, 0.5) is 20.7 Å². The lowest BCUT2D eigenvalue weighted by Crippen LogP contribution is -2.42. The smallest absolute Gasteiger partial charge is 0.410 e. The number of benzene rings is 1. The molecule has 2 heterocycles. The average molecular weight is 453 g/mol. The number of likely N-dealkylation sites (tertiary alicyclic amines) is 1. The molecule has 1 saturated heterocycles. The Morgan fingerprint density at radius 2 is 1.97 bits per heavy atom. The fourth-order valence-electron chi connectivity index (χ4n) is 3.01. The number of hydrogen-bond donors (Lipinski definition) is 1. The fraction of sp³-hybridized carbons (Fsp3) is 0.450. The first-order valence-electron chi connectivity index (χ1n) is 9.83. The van der Waals surface area contributed by atoms with Crippen molar-refractivity contribution in [2.75, 3.05) is 24.7 Å². The summed E-state index contributed by atoms with van der Waals surface area (Å²) in [6.45, 7) is 4.62. The average Bonchev–Trinajstić information content (AvgIpc) is 2.69. The lowest BCUT2D eigenvalue weighted by Gasteiger charge is -2.31. The molecule has 1 aromatic carbocycles. The van der Waals surface area contributed by atoms with Crippen molar-refractivity contribution in [1.29, 1.82) is 0 Å². The van der Waals surface area contributed by atoms with Crippen molar-refractivity contribution in [1.82, 2.24) is 14.9 Å². The third-order valence-corrected chi connectivity index (χ3v) is 5.68. The van der Waals surface area contributed by atoms with Gasteiger partial charge in [0.25, 0.3) is 0 Å². The number of rotatable bonds is 6. The molecule has 1 N–H and O–H groups in total. The maximum absolute atomic E-state index is 14.3. The van der Waals surface area contributed by atoms with Crippen molar-refractivity contribution < 1.29 is 27.1 Å². The minimum Gasteiger partial charge on any atom is -0.460 e. The van der Waals surface area contributed by atoms with E-state index in [-0.39, 0.29) is 34.9 Å². The quantitative estimate of drug-likeness (QED) is 0.712. The summed E-state index contributed by atoms with van der Waals surface area (Å²) >= 11 is 0. The van der Waals surface area contributed by atoms with Gasteiger partial charge in [0.15, 0.2) is 9.84 Å². The second kappa shape index (κ2) is 9.46. The molecule has 2 aromatic rings. The maximum Gasteiger partial charge on any atom is 0.410 e. The Morgan fingerprint density at radius 1 is 1.26 bits per heavy atom. The lowest BCUT2D eigenvalue weighted by molar-refractivity contribution is 0.0497. The number of ether oxygens (including phenoxy) is 2. The second-order valence-electron chi connectivity index (χ2n) is 7.50. The largest absolute Gasteiger partial charge is 0.460 e. The van der Waals surface area contributed by atoms with Crippen LogP contribution in [0.15, 0.2) is 35.4 Å². The van der Waals surface area contributed by atoms with Gasteiger partial charge in [0.05, 0.1) is 16.7 Å². The van der Waals surface area contributed by atoms with Gasteiger partial charge in [0, 0.05) is 38.4 Å². The predicted octanol–water partition coefficient (Wildman–Crippen LogP) is 3.15. The number of halogens is 1. The van der Waals surface area contributed by atoms with E-state index in [1.54, 1.807) is 24.8 Å². The zero-order chi connectivity index (χ0) is 22.6. The Hall–Kier alpha value is -2.95. The Balaban J connectivity index is 1.60. The van der Waals surface area contributed by atoms with E-state index in [1.165, 1.54) is 18.3 Å². The van der Waals surface area contributed by atoms with Crippen LogP contribution in [0.2, 0.25) is 0 Å². The number of aromatic nitrogens is 2. The van der Waals surface area contributed by atoms with Crippen LogP contribution >= 0.6 is 0 Å². The molecule has 11 heteroatoms. The number of hydrogen-bond acceptors (Lipinski definition) is 8.